The van der Waals surface area contributed by atoms with Crippen molar-refractivity contribution in [2.24, 2.45) is 11.7 Å². The molecule has 4 rings (SSSR count). The third-order valence-corrected chi connectivity index (χ3v) is 7.80. The van der Waals surface area contributed by atoms with Gasteiger partial charge >= 0.3 is 0 Å². The Balaban J connectivity index is 0.000000244. The number of carbonyl (C=O) groups excluding carboxylic acids is 1. The van der Waals surface area contributed by atoms with Crippen LogP contribution in [0.3, 0.4) is 0 Å². The molecule has 0 saturated heterocycles. The van der Waals surface area contributed by atoms with Gasteiger partial charge < -0.3 is 25.7 Å². The molecule has 9 heteroatoms. The number of nitrogens with two attached hydrogens (primary N) is 2. The number of nitrogens with zero attached hydrogens (tertiary/aromatic N) is 1. The van der Waals surface area contributed by atoms with Crippen LogP contribution in [0.1, 0.15) is 37.0 Å². The van der Waals surface area contributed by atoms with Crippen molar-refractivity contribution in [3.63, 3.8) is 0 Å². The van der Waals surface area contributed by atoms with E-state index in [-0.39, 0.29) is 5.78 Å². The molecule has 4 N–H and O–H groups in total. The van der Waals surface area contributed by atoms with Gasteiger partial charge in [-0.2, -0.15) is 5.26 Å². The lowest BCUT2D eigenvalue weighted by Crippen LogP contribution is -2.16. The molecule has 0 radical (unpaired) electrons. The van der Waals surface area contributed by atoms with E-state index in [1.165, 1.54) is 42.2 Å². The van der Waals surface area contributed by atoms with Gasteiger partial charge in [-0.1, -0.05) is 12.1 Å². The molecule has 1 saturated carbocycles. The average Bonchev–Trinajstić information content (AvgIpc) is 3.77. The van der Waals surface area contributed by atoms with Crippen LogP contribution in [0.5, 0.6) is 17.2 Å². The van der Waals surface area contributed by atoms with Crippen LogP contribution in [0.25, 0.3) is 0 Å². The van der Waals surface area contributed by atoms with E-state index < -0.39 is 6.10 Å². The van der Waals surface area contributed by atoms with Crippen LogP contribution in [0, 0.1) is 17.2 Å². The van der Waals surface area contributed by atoms with E-state index in [0.717, 1.165) is 16.4 Å². The number of ketones is 1. The van der Waals surface area contributed by atoms with E-state index in [0.29, 0.717) is 34.4 Å². The van der Waals surface area contributed by atoms with Gasteiger partial charge in [0.25, 0.3) is 0 Å². The Bertz CT molecular complexity index is 1240. The van der Waals surface area contributed by atoms with Crippen molar-refractivity contribution in [3.8, 4) is 23.3 Å². The van der Waals surface area contributed by atoms with Crippen molar-refractivity contribution in [2.75, 3.05) is 31.6 Å². The van der Waals surface area contributed by atoms with Crippen molar-refractivity contribution in [1.29, 1.82) is 5.26 Å². The highest BCUT2D eigenvalue weighted by Crippen LogP contribution is 2.37. The molecule has 7 nitrogen and oxygen atoms in total. The molecule has 1 aliphatic carbocycles. The summed E-state index contributed by atoms with van der Waals surface area (Å²) >= 11 is 3.34. The second-order valence-electron chi connectivity index (χ2n) is 8.62. The summed E-state index contributed by atoms with van der Waals surface area (Å²) in [6.07, 6.45) is 2.09. The predicted molar refractivity (Wildman–Crippen MR) is 154 cm³/mol. The molecule has 1 unspecified atom stereocenters. The van der Waals surface area contributed by atoms with Crippen LogP contribution in [0.15, 0.2) is 70.5 Å². The number of carbonyl (C=O) groups is 1. The molecule has 0 aromatic heterocycles. The number of nitrogen functional groups attached to an aromatic ring is 1. The van der Waals surface area contributed by atoms with Crippen LogP contribution in [-0.4, -0.2) is 31.6 Å². The number of methoxy groups -OCH3 is 2. The SMILES string of the molecule is CC(=O)C(Oc1ccc(C#N)cc1)c1ccc(SCC2CC2)cc1.COc1cc(N)c(SCN)cc1OC. The zero-order valence-corrected chi connectivity index (χ0v) is 23.4. The number of Topliss-reactive ketones (excluding diaryl/α,β-unsaturated/α-hetero) is 1. The normalized spacial score (nSPS) is 12.9. The maximum absolute atomic E-state index is 12.0. The predicted octanol–water partition coefficient (Wildman–Crippen LogP) is 6.06. The maximum atomic E-state index is 12.0. The first-order valence-electron chi connectivity index (χ1n) is 12.1. The van der Waals surface area contributed by atoms with Crippen LogP contribution in [-0.2, 0) is 4.79 Å². The summed E-state index contributed by atoms with van der Waals surface area (Å²) < 4.78 is 16.1. The summed E-state index contributed by atoms with van der Waals surface area (Å²) in [6, 6.07) is 20.5. The highest BCUT2D eigenvalue weighted by molar-refractivity contribution is 7.99. The summed E-state index contributed by atoms with van der Waals surface area (Å²) in [5.74, 6) is 4.39. The largest absolute Gasteiger partial charge is 0.493 e. The number of rotatable bonds is 11. The fraction of sp³-hybridized carbons (Fsp3) is 0.310. The fourth-order valence-electron chi connectivity index (χ4n) is 3.46. The van der Waals surface area contributed by atoms with E-state index in [1.807, 2.05) is 30.0 Å². The first-order valence-corrected chi connectivity index (χ1v) is 14.1. The Morgan fingerprint density at radius 3 is 2.18 bits per heavy atom. The number of ether oxygens (including phenoxy) is 3. The molecule has 0 amide bonds. The molecule has 0 heterocycles. The van der Waals surface area contributed by atoms with Gasteiger partial charge in [0, 0.05) is 33.2 Å². The second kappa shape index (κ2) is 14.6. The lowest BCUT2D eigenvalue weighted by molar-refractivity contribution is -0.123. The van der Waals surface area contributed by atoms with E-state index in [4.69, 9.17) is 30.9 Å². The summed E-state index contributed by atoms with van der Waals surface area (Å²) in [7, 11) is 3.16. The molecule has 0 spiro atoms. The number of hydrogen-bond donors (Lipinski definition) is 2. The molecular formula is C29H33N3O4S2. The lowest BCUT2D eigenvalue weighted by atomic mass is 10.1. The Labute approximate surface area is 232 Å². The zero-order chi connectivity index (χ0) is 27.5. The number of hydrogen-bond acceptors (Lipinski definition) is 9. The van der Waals surface area contributed by atoms with Gasteiger partial charge in [-0.3, -0.25) is 4.79 Å². The van der Waals surface area contributed by atoms with Gasteiger partial charge in [0.1, 0.15) is 5.75 Å². The fourth-order valence-corrected chi connectivity index (χ4v) is 5.14. The topological polar surface area (TPSA) is 121 Å². The second-order valence-corrected chi connectivity index (χ2v) is 10.8. The van der Waals surface area contributed by atoms with Crippen LogP contribution in [0.2, 0.25) is 0 Å². The summed E-state index contributed by atoms with van der Waals surface area (Å²) in [5, 5.41) is 8.84. The highest BCUT2D eigenvalue weighted by Gasteiger charge is 2.22. The third-order valence-electron chi connectivity index (χ3n) is 5.73. The van der Waals surface area contributed by atoms with Crippen LogP contribution < -0.4 is 25.7 Å². The third kappa shape index (κ3) is 8.62. The van der Waals surface area contributed by atoms with E-state index in [1.54, 1.807) is 44.6 Å². The molecule has 38 heavy (non-hydrogen) atoms. The minimum atomic E-state index is -0.625. The first-order chi connectivity index (χ1) is 18.4. The van der Waals surface area contributed by atoms with Crippen molar-refractivity contribution < 1.29 is 19.0 Å². The minimum absolute atomic E-state index is 0.0438. The number of anilines is 1. The smallest absolute Gasteiger partial charge is 0.181 e. The van der Waals surface area contributed by atoms with Crippen LogP contribution in [0.4, 0.5) is 5.69 Å². The van der Waals surface area contributed by atoms with Gasteiger partial charge in [-0.05, 0) is 73.7 Å². The number of benzene rings is 3. The van der Waals surface area contributed by atoms with Gasteiger partial charge in [0.15, 0.2) is 23.4 Å². The summed E-state index contributed by atoms with van der Waals surface area (Å²) in [4.78, 5) is 14.1. The lowest BCUT2D eigenvalue weighted by Gasteiger charge is -2.17. The first kappa shape index (κ1) is 29.2. The molecule has 0 aliphatic heterocycles. The monoisotopic (exact) mass is 551 g/mol. The maximum Gasteiger partial charge on any atom is 0.181 e. The molecule has 3 aromatic carbocycles. The van der Waals surface area contributed by atoms with Gasteiger partial charge in [0.2, 0.25) is 0 Å². The number of nitriles is 1. The average molecular weight is 552 g/mol. The Hall–Kier alpha value is -3.32. The van der Waals surface area contributed by atoms with E-state index in [9.17, 15) is 4.79 Å². The Morgan fingerprint density at radius 1 is 1.03 bits per heavy atom. The standard InChI is InChI=1S/C20H19NO2S.C9H14N2O2S/c1-14(22)20(23-18-8-4-15(12-21)5-9-18)17-6-10-19(11-7-17)24-13-16-2-3-16;1-12-7-3-6(11)9(14-5-10)4-8(7)13-2/h4-11,16,20H,2-3,13H2,1H3;3-4H,5,10-11H2,1-2H3. The molecule has 1 fully saturated rings. The van der Waals surface area contributed by atoms with Crippen molar-refractivity contribution >= 4 is 35.0 Å². The van der Waals surface area contributed by atoms with Gasteiger partial charge in [-0.25, -0.2) is 0 Å². The molecule has 0 bridgehead atoms. The highest BCUT2D eigenvalue weighted by atomic mass is 32.2. The summed E-state index contributed by atoms with van der Waals surface area (Å²) in [5.41, 5.74) is 13.3. The molecule has 1 aliphatic rings. The van der Waals surface area contributed by atoms with Gasteiger partial charge in [-0.15, -0.1) is 23.5 Å². The van der Waals surface area contributed by atoms with E-state index >= 15 is 0 Å². The quantitative estimate of drug-likeness (QED) is 0.166. The van der Waals surface area contributed by atoms with Gasteiger partial charge in [0.05, 0.1) is 25.9 Å². The van der Waals surface area contributed by atoms with Crippen LogP contribution >= 0.6 is 23.5 Å². The van der Waals surface area contributed by atoms with E-state index in [2.05, 4.69) is 18.2 Å². The summed E-state index contributed by atoms with van der Waals surface area (Å²) in [6.45, 7) is 1.53. The Kier molecular flexibility index (Phi) is 11.2. The Morgan fingerprint density at radius 2 is 1.66 bits per heavy atom. The van der Waals surface area contributed by atoms with Crippen molar-refractivity contribution in [1.82, 2.24) is 0 Å². The number of thioether (sulfide) groups is 2. The molecular weight excluding hydrogens is 518 g/mol. The van der Waals surface area contributed by atoms with Crippen molar-refractivity contribution in [2.45, 2.75) is 35.7 Å². The molecule has 200 valence electrons. The minimum Gasteiger partial charge on any atom is -0.493 e. The molecule has 1 atom stereocenters. The zero-order valence-electron chi connectivity index (χ0n) is 21.8. The van der Waals surface area contributed by atoms with Crippen molar-refractivity contribution in [3.05, 3.63) is 71.8 Å². The molecule has 3 aromatic rings.